The molecule has 0 aliphatic rings. The zero-order valence-corrected chi connectivity index (χ0v) is 30.0. The van der Waals surface area contributed by atoms with E-state index in [-0.39, 0.29) is 0 Å². The first-order valence-corrected chi connectivity index (χ1v) is 18.3. The number of aromatic nitrogens is 2. The Morgan fingerprint density at radius 3 is 1.44 bits per heavy atom. The number of hydrogen-bond donors (Lipinski definition) is 0. The molecule has 9 aromatic rings. The largest absolute Gasteiger partial charge is 0.436 e. The van der Waals surface area contributed by atoms with Crippen molar-refractivity contribution >= 4 is 32.9 Å². The first-order valence-electron chi connectivity index (χ1n) is 18.3. The molecule has 3 heteroatoms. The molecule has 52 heavy (non-hydrogen) atoms. The van der Waals surface area contributed by atoms with Crippen LogP contribution in [0.25, 0.3) is 83.4 Å². The van der Waals surface area contributed by atoms with Gasteiger partial charge in [0, 0.05) is 22.0 Å². The lowest BCUT2D eigenvalue weighted by molar-refractivity contribution is 0.620. The molecule has 0 saturated heterocycles. The molecule has 3 nitrogen and oxygen atoms in total. The molecule has 7 aromatic carbocycles. The molecule has 0 radical (unpaired) electrons. The summed E-state index contributed by atoms with van der Waals surface area (Å²) < 4.78 is 8.47. The summed E-state index contributed by atoms with van der Waals surface area (Å²) in [6, 6.07) is 56.9. The lowest BCUT2D eigenvalue weighted by Gasteiger charge is -2.16. The molecule has 0 fully saturated rings. The van der Waals surface area contributed by atoms with Crippen molar-refractivity contribution in [3.8, 4) is 50.5 Å². The highest BCUT2D eigenvalue weighted by Gasteiger charge is 2.17. The number of benzene rings is 7. The molecule has 2 aromatic heterocycles. The third-order valence-electron chi connectivity index (χ3n) is 10.5. The van der Waals surface area contributed by atoms with Crippen LogP contribution in [0, 0.1) is 0 Å². The van der Waals surface area contributed by atoms with Gasteiger partial charge in [-0.1, -0.05) is 125 Å². The van der Waals surface area contributed by atoms with Gasteiger partial charge in [0.25, 0.3) is 0 Å². The van der Waals surface area contributed by atoms with E-state index in [9.17, 15) is 0 Å². The van der Waals surface area contributed by atoms with Crippen molar-refractivity contribution in [2.24, 2.45) is 0 Å². The Hall–Kier alpha value is -6.19. The van der Waals surface area contributed by atoms with E-state index in [1.807, 2.05) is 24.3 Å². The molecule has 0 atom stereocenters. The molecule has 0 spiro atoms. The van der Waals surface area contributed by atoms with Crippen molar-refractivity contribution in [1.82, 2.24) is 9.55 Å². The number of nitrogens with zero attached hydrogens (tertiary/aromatic N) is 2. The summed E-state index contributed by atoms with van der Waals surface area (Å²) in [4.78, 5) is 4.70. The second kappa shape index (κ2) is 12.9. The van der Waals surface area contributed by atoms with E-state index in [0.29, 0.717) is 17.7 Å². The van der Waals surface area contributed by atoms with Crippen LogP contribution in [0.2, 0.25) is 0 Å². The number of hydrogen-bond acceptors (Lipinski definition) is 2. The highest BCUT2D eigenvalue weighted by atomic mass is 16.3. The predicted molar refractivity (Wildman–Crippen MR) is 218 cm³/mol. The summed E-state index contributed by atoms with van der Waals surface area (Å²) in [5, 5.41) is 2.63. The molecule has 0 N–H and O–H groups in total. The van der Waals surface area contributed by atoms with Gasteiger partial charge in [0.05, 0.1) is 11.0 Å². The lowest BCUT2D eigenvalue weighted by Crippen LogP contribution is -1.95. The van der Waals surface area contributed by atoms with Gasteiger partial charge in [-0.25, -0.2) is 4.98 Å². The molecule has 0 unspecified atom stereocenters. The van der Waals surface area contributed by atoms with Gasteiger partial charge in [-0.3, -0.25) is 0 Å². The van der Waals surface area contributed by atoms with Gasteiger partial charge in [-0.2, -0.15) is 0 Å². The summed E-state index contributed by atoms with van der Waals surface area (Å²) in [5.74, 6) is 1.58. The zero-order chi connectivity index (χ0) is 35.3. The third kappa shape index (κ3) is 5.50. The van der Waals surface area contributed by atoms with Crippen LogP contribution in [0.1, 0.15) is 50.7 Å². The maximum absolute atomic E-state index is 6.05. The van der Waals surface area contributed by atoms with Gasteiger partial charge in [0.2, 0.25) is 5.89 Å². The standard InChI is InChI=1S/C49H40N2O/c1-31(2)36-23-27-46-43(29-36)44-30-37(32(3)4)24-28-47(44)51(46)38-25-21-34(22-26-38)40-12-6-8-14-42(40)41-13-7-5-11-39(41)33-17-19-35(20-18-33)49-50-45-15-9-10-16-48(45)52-49/h5-32H,1-4H3. The highest BCUT2D eigenvalue weighted by molar-refractivity contribution is 6.10. The normalized spacial score (nSPS) is 11.8. The molecule has 2 heterocycles. The van der Waals surface area contributed by atoms with Crippen LogP contribution in [0.3, 0.4) is 0 Å². The van der Waals surface area contributed by atoms with Gasteiger partial charge in [0.1, 0.15) is 5.52 Å². The van der Waals surface area contributed by atoms with Crippen LogP contribution < -0.4 is 0 Å². The van der Waals surface area contributed by atoms with Gasteiger partial charge >= 0.3 is 0 Å². The predicted octanol–water partition coefficient (Wildman–Crippen LogP) is 13.8. The molecule has 0 aliphatic heterocycles. The molecule has 0 bridgehead atoms. The van der Waals surface area contributed by atoms with Gasteiger partial charge in [-0.05, 0) is 117 Å². The average Bonchev–Trinajstić information content (AvgIpc) is 3.77. The average molecular weight is 673 g/mol. The number of oxazole rings is 1. The van der Waals surface area contributed by atoms with E-state index in [0.717, 1.165) is 27.9 Å². The van der Waals surface area contributed by atoms with E-state index in [4.69, 9.17) is 9.40 Å². The minimum absolute atomic E-state index is 0.472. The van der Waals surface area contributed by atoms with Crippen LogP contribution in [0.5, 0.6) is 0 Å². The fourth-order valence-electron chi connectivity index (χ4n) is 7.57. The molecule has 252 valence electrons. The fraction of sp³-hybridized carbons (Fsp3) is 0.122. The Kier molecular flexibility index (Phi) is 7.85. The number of rotatable bonds is 7. The van der Waals surface area contributed by atoms with Crippen LogP contribution in [-0.2, 0) is 0 Å². The molecule has 0 saturated carbocycles. The molecule has 9 rings (SSSR count). The highest BCUT2D eigenvalue weighted by Crippen LogP contribution is 2.40. The minimum Gasteiger partial charge on any atom is -0.436 e. The SMILES string of the molecule is CC(C)c1ccc2c(c1)c1cc(C(C)C)ccc1n2-c1ccc(-c2ccccc2-c2ccccc2-c2ccc(-c3nc4ccccc4o3)cc2)cc1. The van der Waals surface area contributed by atoms with E-state index >= 15 is 0 Å². The molecular formula is C49H40N2O. The van der Waals surface area contributed by atoms with Crippen molar-refractivity contribution in [2.45, 2.75) is 39.5 Å². The summed E-state index contributed by atoms with van der Waals surface area (Å²) >= 11 is 0. The van der Waals surface area contributed by atoms with Crippen LogP contribution >= 0.6 is 0 Å². The molecule has 0 amide bonds. The van der Waals surface area contributed by atoms with Crippen LogP contribution in [0.15, 0.2) is 162 Å². The molecule has 0 aliphatic carbocycles. The third-order valence-corrected chi connectivity index (χ3v) is 10.5. The second-order valence-electron chi connectivity index (χ2n) is 14.4. The van der Waals surface area contributed by atoms with E-state index in [1.54, 1.807) is 0 Å². The van der Waals surface area contributed by atoms with E-state index in [1.165, 1.54) is 60.8 Å². The maximum atomic E-state index is 6.05. The Balaban J connectivity index is 1.09. The van der Waals surface area contributed by atoms with E-state index < -0.39 is 0 Å². The monoisotopic (exact) mass is 672 g/mol. The van der Waals surface area contributed by atoms with Crippen LogP contribution in [0.4, 0.5) is 0 Å². The zero-order valence-electron chi connectivity index (χ0n) is 30.0. The Morgan fingerprint density at radius 2 is 0.923 bits per heavy atom. The lowest BCUT2D eigenvalue weighted by atomic mass is 9.89. The summed E-state index contributed by atoms with van der Waals surface area (Å²) in [6.45, 7) is 9.08. The van der Waals surface area contributed by atoms with Gasteiger partial charge in [0.15, 0.2) is 5.58 Å². The van der Waals surface area contributed by atoms with Crippen molar-refractivity contribution < 1.29 is 4.42 Å². The second-order valence-corrected chi connectivity index (χ2v) is 14.4. The number of fused-ring (bicyclic) bond motifs is 4. The van der Waals surface area contributed by atoms with Gasteiger partial charge < -0.3 is 8.98 Å². The Bertz CT molecular complexity index is 2630. The van der Waals surface area contributed by atoms with Crippen molar-refractivity contribution in [2.75, 3.05) is 0 Å². The topological polar surface area (TPSA) is 31.0 Å². The summed E-state index contributed by atoms with van der Waals surface area (Å²) in [5.41, 5.74) is 16.1. The Morgan fingerprint density at radius 1 is 0.462 bits per heavy atom. The van der Waals surface area contributed by atoms with E-state index in [2.05, 4.69) is 166 Å². The number of para-hydroxylation sites is 2. The Labute approximate surface area is 304 Å². The van der Waals surface area contributed by atoms with Crippen molar-refractivity contribution in [3.63, 3.8) is 0 Å². The van der Waals surface area contributed by atoms with Gasteiger partial charge in [-0.15, -0.1) is 0 Å². The van der Waals surface area contributed by atoms with Crippen molar-refractivity contribution in [1.29, 1.82) is 0 Å². The first-order chi connectivity index (χ1) is 25.4. The smallest absolute Gasteiger partial charge is 0.227 e. The van der Waals surface area contributed by atoms with Crippen molar-refractivity contribution in [3.05, 3.63) is 169 Å². The minimum atomic E-state index is 0.472. The fourth-order valence-corrected chi connectivity index (χ4v) is 7.57. The summed E-state index contributed by atoms with van der Waals surface area (Å²) in [7, 11) is 0. The summed E-state index contributed by atoms with van der Waals surface area (Å²) in [6.07, 6.45) is 0. The first kappa shape index (κ1) is 31.8. The molecular weight excluding hydrogens is 633 g/mol. The quantitative estimate of drug-likeness (QED) is 0.169. The maximum Gasteiger partial charge on any atom is 0.227 e. The van der Waals surface area contributed by atoms with Crippen LogP contribution in [-0.4, -0.2) is 9.55 Å².